The Labute approximate surface area is 200 Å². The van der Waals surface area contributed by atoms with Crippen LogP contribution in [-0.2, 0) is 20.8 Å². The van der Waals surface area contributed by atoms with Crippen LogP contribution >= 0.6 is 0 Å². The quantitative estimate of drug-likeness (QED) is 0.321. The van der Waals surface area contributed by atoms with Crippen molar-refractivity contribution in [2.24, 2.45) is 10.3 Å². The Kier molecular flexibility index (Phi) is 7.29. The summed E-state index contributed by atoms with van der Waals surface area (Å²) in [5.41, 5.74) is 4.17. The fourth-order valence-electron chi connectivity index (χ4n) is 3.72. The Bertz CT molecular complexity index is 1170. The lowest BCUT2D eigenvalue weighted by atomic mass is 9.96. The molecule has 1 unspecified atom stereocenters. The van der Waals surface area contributed by atoms with E-state index in [4.69, 9.17) is 28.5 Å². The Hall–Kier alpha value is -4.35. The standard InChI is InChI=1S/C23H24N4O8/c1-4-32-23(29)17-10-14(35-27-17)9-15-16(11-25-26-22(28)13-5-7-24-8-6-13)19(31-3)21-20(18(15)30-2)33-12-34-21/h5-8,11,14H,4,9-10,12H2,1-3H3,(H,26,28)/b25-11-. The average molecular weight is 484 g/mol. The van der Waals surface area contributed by atoms with Crippen molar-refractivity contribution in [1.82, 2.24) is 10.4 Å². The summed E-state index contributed by atoms with van der Waals surface area (Å²) >= 11 is 0. The van der Waals surface area contributed by atoms with Crippen LogP contribution < -0.4 is 24.4 Å². The Balaban J connectivity index is 1.64. The van der Waals surface area contributed by atoms with Crippen LogP contribution in [0.2, 0.25) is 0 Å². The first-order chi connectivity index (χ1) is 17.1. The van der Waals surface area contributed by atoms with Gasteiger partial charge in [0.2, 0.25) is 18.3 Å². The molecule has 2 aliphatic heterocycles. The lowest BCUT2D eigenvalue weighted by molar-refractivity contribution is -0.135. The summed E-state index contributed by atoms with van der Waals surface area (Å²) in [7, 11) is 2.98. The zero-order valence-corrected chi connectivity index (χ0v) is 19.4. The molecule has 0 spiro atoms. The van der Waals surface area contributed by atoms with Gasteiger partial charge in [0.25, 0.3) is 5.91 Å². The third kappa shape index (κ3) is 4.95. The number of aromatic nitrogens is 1. The number of ether oxygens (including phenoxy) is 5. The highest BCUT2D eigenvalue weighted by atomic mass is 16.7. The molecule has 4 rings (SSSR count). The van der Waals surface area contributed by atoms with Crippen LogP contribution in [0.4, 0.5) is 0 Å². The molecule has 3 heterocycles. The molecule has 0 saturated carbocycles. The van der Waals surface area contributed by atoms with Gasteiger partial charge in [-0.2, -0.15) is 5.10 Å². The molecule has 0 bridgehead atoms. The number of nitrogens with zero attached hydrogens (tertiary/aromatic N) is 3. The van der Waals surface area contributed by atoms with E-state index in [1.807, 2.05) is 0 Å². The van der Waals surface area contributed by atoms with Crippen molar-refractivity contribution in [2.75, 3.05) is 27.6 Å². The van der Waals surface area contributed by atoms with E-state index in [0.29, 0.717) is 39.7 Å². The van der Waals surface area contributed by atoms with Crippen molar-refractivity contribution in [3.05, 3.63) is 41.2 Å². The number of esters is 1. The van der Waals surface area contributed by atoms with Gasteiger partial charge in [-0.3, -0.25) is 9.78 Å². The van der Waals surface area contributed by atoms with E-state index in [9.17, 15) is 9.59 Å². The molecule has 0 radical (unpaired) electrons. The maximum absolute atomic E-state index is 12.4. The molecule has 2 aromatic rings. The summed E-state index contributed by atoms with van der Waals surface area (Å²) in [6, 6.07) is 3.14. The average Bonchev–Trinajstić information content (AvgIpc) is 3.55. The summed E-state index contributed by atoms with van der Waals surface area (Å²) in [6.45, 7) is 1.94. The molecule has 2 aliphatic rings. The predicted octanol–water partition coefficient (Wildman–Crippen LogP) is 1.84. The number of methoxy groups -OCH3 is 2. The highest BCUT2D eigenvalue weighted by Gasteiger charge is 2.34. The van der Waals surface area contributed by atoms with Gasteiger partial charge in [-0.1, -0.05) is 5.16 Å². The first kappa shape index (κ1) is 23.8. The van der Waals surface area contributed by atoms with Gasteiger partial charge in [0.05, 0.1) is 27.0 Å². The second kappa shape index (κ2) is 10.7. The number of fused-ring (bicyclic) bond motifs is 1. The number of hydrogen-bond donors (Lipinski definition) is 1. The van der Waals surface area contributed by atoms with E-state index >= 15 is 0 Å². The maximum atomic E-state index is 12.4. The second-order valence-corrected chi connectivity index (χ2v) is 7.35. The lowest BCUT2D eigenvalue weighted by Gasteiger charge is -2.19. The summed E-state index contributed by atoms with van der Waals surface area (Å²) in [4.78, 5) is 33.8. The first-order valence-corrected chi connectivity index (χ1v) is 10.8. The molecule has 0 saturated heterocycles. The van der Waals surface area contributed by atoms with Gasteiger partial charge in [-0.15, -0.1) is 0 Å². The third-order valence-corrected chi connectivity index (χ3v) is 5.26. The third-order valence-electron chi connectivity index (χ3n) is 5.26. The largest absolute Gasteiger partial charge is 0.492 e. The van der Waals surface area contributed by atoms with E-state index in [1.165, 1.54) is 32.8 Å². The molecule has 1 amide bonds. The molecule has 1 aromatic carbocycles. The van der Waals surface area contributed by atoms with Gasteiger partial charge >= 0.3 is 5.97 Å². The van der Waals surface area contributed by atoms with Crippen molar-refractivity contribution < 1.29 is 38.1 Å². The highest BCUT2D eigenvalue weighted by Crippen LogP contribution is 2.52. The van der Waals surface area contributed by atoms with Crippen LogP contribution in [0.25, 0.3) is 0 Å². The number of pyridine rings is 1. The van der Waals surface area contributed by atoms with Crippen LogP contribution in [0.15, 0.2) is 34.8 Å². The molecule has 0 fully saturated rings. The van der Waals surface area contributed by atoms with Crippen LogP contribution in [0.3, 0.4) is 0 Å². The minimum absolute atomic E-state index is 0.0170. The van der Waals surface area contributed by atoms with Crippen LogP contribution in [0.5, 0.6) is 23.0 Å². The number of rotatable bonds is 9. The van der Waals surface area contributed by atoms with Gasteiger partial charge in [-0.25, -0.2) is 10.2 Å². The lowest BCUT2D eigenvalue weighted by Crippen LogP contribution is -2.20. The molecule has 1 aromatic heterocycles. The number of nitrogens with one attached hydrogen (secondary N) is 1. The Morgan fingerprint density at radius 2 is 1.89 bits per heavy atom. The van der Waals surface area contributed by atoms with Crippen LogP contribution in [0.1, 0.15) is 34.8 Å². The minimum Gasteiger partial charge on any atom is -0.492 e. The monoisotopic (exact) mass is 484 g/mol. The predicted molar refractivity (Wildman–Crippen MR) is 122 cm³/mol. The van der Waals surface area contributed by atoms with E-state index in [1.54, 1.807) is 19.1 Å². The summed E-state index contributed by atoms with van der Waals surface area (Å²) < 4.78 is 27.5. The molecule has 184 valence electrons. The van der Waals surface area contributed by atoms with Gasteiger partial charge in [0, 0.05) is 41.9 Å². The number of oxime groups is 1. The van der Waals surface area contributed by atoms with Crippen molar-refractivity contribution >= 4 is 23.8 Å². The number of hydrazone groups is 1. The zero-order valence-electron chi connectivity index (χ0n) is 19.4. The molecular formula is C23H24N4O8. The minimum atomic E-state index is -0.522. The summed E-state index contributed by atoms with van der Waals surface area (Å²) in [5, 5.41) is 7.98. The fourth-order valence-corrected chi connectivity index (χ4v) is 3.72. The highest BCUT2D eigenvalue weighted by molar-refractivity contribution is 6.36. The normalized spacial score (nSPS) is 16.0. The van der Waals surface area contributed by atoms with Crippen molar-refractivity contribution in [3.63, 3.8) is 0 Å². The fraction of sp³-hybridized carbons (Fsp3) is 0.348. The second-order valence-electron chi connectivity index (χ2n) is 7.35. The topological polar surface area (TPSA) is 139 Å². The number of hydrogen-bond acceptors (Lipinski definition) is 11. The number of carbonyl (C=O) groups excluding carboxylic acids is 2. The number of carbonyl (C=O) groups is 2. The molecule has 35 heavy (non-hydrogen) atoms. The van der Waals surface area contributed by atoms with Crippen LogP contribution in [-0.4, -0.2) is 62.5 Å². The van der Waals surface area contributed by atoms with Crippen molar-refractivity contribution in [3.8, 4) is 23.0 Å². The van der Waals surface area contributed by atoms with E-state index in [0.717, 1.165) is 0 Å². The molecule has 1 N–H and O–H groups in total. The van der Waals surface area contributed by atoms with E-state index < -0.39 is 18.0 Å². The van der Waals surface area contributed by atoms with Crippen molar-refractivity contribution in [2.45, 2.75) is 25.9 Å². The van der Waals surface area contributed by atoms with Crippen LogP contribution in [0, 0.1) is 0 Å². The Morgan fingerprint density at radius 1 is 1.17 bits per heavy atom. The first-order valence-electron chi connectivity index (χ1n) is 10.8. The SMILES string of the molecule is CCOC(=O)C1=NOC(Cc2c(/C=N\NC(=O)c3ccncc3)c(OC)c3c(c2OC)OCO3)C1. The summed E-state index contributed by atoms with van der Waals surface area (Å²) in [6.07, 6.45) is 4.48. The maximum Gasteiger partial charge on any atom is 0.356 e. The molecule has 12 heteroatoms. The zero-order chi connectivity index (χ0) is 24.8. The smallest absolute Gasteiger partial charge is 0.356 e. The van der Waals surface area contributed by atoms with Gasteiger partial charge in [0.1, 0.15) is 6.10 Å². The van der Waals surface area contributed by atoms with Gasteiger partial charge in [0.15, 0.2) is 17.2 Å². The molecule has 1 atom stereocenters. The van der Waals surface area contributed by atoms with Gasteiger partial charge < -0.3 is 28.5 Å². The molecule has 12 nitrogen and oxygen atoms in total. The summed E-state index contributed by atoms with van der Waals surface area (Å²) in [5.74, 6) is 0.537. The number of benzene rings is 1. The molecule has 0 aliphatic carbocycles. The number of amides is 1. The van der Waals surface area contributed by atoms with E-state index in [2.05, 4.69) is 20.7 Å². The van der Waals surface area contributed by atoms with Gasteiger partial charge in [-0.05, 0) is 19.1 Å². The van der Waals surface area contributed by atoms with Crippen molar-refractivity contribution in [1.29, 1.82) is 0 Å². The molecular weight excluding hydrogens is 460 g/mol. The van der Waals surface area contributed by atoms with E-state index in [-0.39, 0.29) is 32.0 Å². The Morgan fingerprint density at radius 3 is 2.57 bits per heavy atom.